The fourth-order valence-electron chi connectivity index (χ4n) is 4.82. The predicted molar refractivity (Wildman–Crippen MR) is 146 cm³/mol. The normalized spacial score (nSPS) is 14.2. The van der Waals surface area contributed by atoms with E-state index in [0.717, 1.165) is 52.1 Å². The van der Waals surface area contributed by atoms with Crippen LogP contribution in [0.4, 0.5) is 11.5 Å². The van der Waals surface area contributed by atoms with E-state index in [0.29, 0.717) is 17.8 Å². The Morgan fingerprint density at radius 3 is 2.70 bits per heavy atom. The molecule has 1 aliphatic carbocycles. The van der Waals surface area contributed by atoms with Gasteiger partial charge in [0.25, 0.3) is 0 Å². The number of rotatable bonds is 9. The third kappa shape index (κ3) is 5.62. The standard InChI is InChI=1S/C28H30N6O3/c1-37-24-13-10-21(11-14-24)19-33-26-16-17-29-28(30-22-7-3-2-4-8-22)27(26)25(31-33)15-12-20-6-5-9-23(18-20)34(36)32-35/h5-6,9-18,22,36H,2-4,7-8,19H2,1H3,(H,29,30)/b15-12+. The largest absolute Gasteiger partial charge is 0.497 e. The summed E-state index contributed by atoms with van der Waals surface area (Å²) in [6, 6.07) is 17.3. The Hall–Kier alpha value is -4.24. The third-order valence-electron chi connectivity index (χ3n) is 6.74. The van der Waals surface area contributed by atoms with Gasteiger partial charge in [-0.1, -0.05) is 49.6 Å². The van der Waals surface area contributed by atoms with E-state index in [9.17, 15) is 10.1 Å². The highest BCUT2D eigenvalue weighted by Gasteiger charge is 2.19. The van der Waals surface area contributed by atoms with Crippen LogP contribution in [-0.4, -0.2) is 33.1 Å². The Kier molecular flexibility index (Phi) is 7.41. The van der Waals surface area contributed by atoms with Crippen molar-refractivity contribution in [3.63, 3.8) is 0 Å². The van der Waals surface area contributed by atoms with Crippen LogP contribution >= 0.6 is 0 Å². The molecular formula is C28H30N6O3. The fraction of sp³-hybridized carbons (Fsp3) is 0.286. The zero-order valence-electron chi connectivity index (χ0n) is 20.7. The van der Waals surface area contributed by atoms with Crippen LogP contribution in [0.1, 0.15) is 48.9 Å². The Labute approximate surface area is 215 Å². The van der Waals surface area contributed by atoms with Crippen LogP contribution in [0.3, 0.4) is 0 Å². The van der Waals surface area contributed by atoms with Crippen LogP contribution in [-0.2, 0) is 6.54 Å². The number of fused-ring (bicyclic) bond motifs is 1. The fourth-order valence-corrected chi connectivity index (χ4v) is 4.82. The Bertz CT molecular complexity index is 1390. The lowest BCUT2D eigenvalue weighted by Crippen LogP contribution is -2.22. The number of nitrogens with zero attached hydrogens (tertiary/aromatic N) is 5. The lowest BCUT2D eigenvalue weighted by atomic mass is 9.95. The molecule has 1 aliphatic rings. The van der Waals surface area contributed by atoms with Crippen LogP contribution in [0.5, 0.6) is 5.75 Å². The minimum atomic E-state index is 0.286. The predicted octanol–water partition coefficient (Wildman–Crippen LogP) is 6.28. The van der Waals surface area contributed by atoms with Gasteiger partial charge in [-0.15, -0.1) is 10.1 Å². The molecule has 37 heavy (non-hydrogen) atoms. The van der Waals surface area contributed by atoms with Crippen molar-refractivity contribution in [3.8, 4) is 5.75 Å². The summed E-state index contributed by atoms with van der Waals surface area (Å²) in [7, 11) is 1.66. The zero-order valence-corrected chi connectivity index (χ0v) is 20.7. The molecule has 0 atom stereocenters. The third-order valence-corrected chi connectivity index (χ3v) is 6.74. The molecule has 9 nitrogen and oxygen atoms in total. The molecule has 0 saturated heterocycles. The topological polar surface area (TPSA) is 105 Å². The number of pyridine rings is 1. The number of hydrogen-bond donors (Lipinski definition) is 2. The lowest BCUT2D eigenvalue weighted by molar-refractivity contribution is 0.258. The monoisotopic (exact) mass is 498 g/mol. The van der Waals surface area contributed by atoms with Gasteiger partial charge in [-0.3, -0.25) is 9.89 Å². The highest BCUT2D eigenvalue weighted by molar-refractivity contribution is 5.97. The summed E-state index contributed by atoms with van der Waals surface area (Å²) in [5.74, 6) is 1.65. The highest BCUT2D eigenvalue weighted by atomic mass is 16.6. The van der Waals surface area contributed by atoms with Gasteiger partial charge >= 0.3 is 0 Å². The van der Waals surface area contributed by atoms with Crippen LogP contribution in [0.2, 0.25) is 0 Å². The molecular weight excluding hydrogens is 468 g/mol. The van der Waals surface area contributed by atoms with Gasteiger partial charge in [0.15, 0.2) is 0 Å². The minimum Gasteiger partial charge on any atom is -0.497 e. The molecule has 2 aromatic heterocycles. The van der Waals surface area contributed by atoms with Gasteiger partial charge in [0.1, 0.15) is 11.6 Å². The van der Waals surface area contributed by atoms with E-state index < -0.39 is 0 Å². The van der Waals surface area contributed by atoms with Crippen LogP contribution in [0.25, 0.3) is 23.1 Å². The summed E-state index contributed by atoms with van der Waals surface area (Å²) < 4.78 is 7.29. The summed E-state index contributed by atoms with van der Waals surface area (Å²) in [5, 5.41) is 22.1. The molecule has 190 valence electrons. The van der Waals surface area contributed by atoms with Gasteiger partial charge < -0.3 is 10.1 Å². The number of nitrogens with one attached hydrogen (secondary N) is 1. The van der Waals surface area contributed by atoms with Crippen molar-refractivity contribution in [3.05, 3.63) is 82.5 Å². The first kappa shape index (κ1) is 24.5. The van der Waals surface area contributed by atoms with E-state index in [1.807, 2.05) is 59.4 Å². The Balaban J connectivity index is 1.53. The van der Waals surface area contributed by atoms with Crippen molar-refractivity contribution >= 4 is 34.6 Å². The summed E-state index contributed by atoms with van der Waals surface area (Å²) >= 11 is 0. The second-order valence-electron chi connectivity index (χ2n) is 9.22. The van der Waals surface area contributed by atoms with Gasteiger partial charge in [0.2, 0.25) is 0 Å². The van der Waals surface area contributed by atoms with Crippen molar-refractivity contribution in [2.24, 2.45) is 5.29 Å². The first-order chi connectivity index (χ1) is 18.1. The Morgan fingerprint density at radius 2 is 1.95 bits per heavy atom. The molecule has 0 amide bonds. The van der Waals surface area contributed by atoms with Gasteiger partial charge in [0, 0.05) is 12.2 Å². The molecule has 0 spiro atoms. The van der Waals surface area contributed by atoms with Gasteiger partial charge in [-0.05, 0) is 60.4 Å². The zero-order chi connectivity index (χ0) is 25.6. The van der Waals surface area contributed by atoms with Crippen LogP contribution in [0, 0.1) is 4.91 Å². The summed E-state index contributed by atoms with van der Waals surface area (Å²) in [6.07, 6.45) is 11.7. The number of benzene rings is 2. The highest BCUT2D eigenvalue weighted by Crippen LogP contribution is 2.30. The summed E-state index contributed by atoms with van der Waals surface area (Å²) in [4.78, 5) is 15.4. The molecule has 0 bridgehead atoms. The number of nitroso groups, excluding NO2 is 1. The molecule has 0 unspecified atom stereocenters. The number of ether oxygens (including phenoxy) is 1. The molecule has 5 rings (SSSR count). The molecule has 4 aromatic rings. The van der Waals surface area contributed by atoms with E-state index in [4.69, 9.17) is 14.8 Å². The van der Waals surface area contributed by atoms with Crippen molar-refractivity contribution in [1.82, 2.24) is 14.8 Å². The van der Waals surface area contributed by atoms with Crippen LogP contribution < -0.4 is 15.2 Å². The lowest BCUT2D eigenvalue weighted by Gasteiger charge is -2.23. The summed E-state index contributed by atoms with van der Waals surface area (Å²) in [6.45, 7) is 0.598. The van der Waals surface area contributed by atoms with E-state index in [-0.39, 0.29) is 5.69 Å². The van der Waals surface area contributed by atoms with Crippen molar-refractivity contribution in [2.45, 2.75) is 44.7 Å². The van der Waals surface area contributed by atoms with Gasteiger partial charge in [-0.25, -0.2) is 4.98 Å². The van der Waals surface area contributed by atoms with Gasteiger partial charge in [0.05, 0.1) is 41.2 Å². The number of anilines is 2. The molecule has 2 heterocycles. The average molecular weight is 499 g/mol. The quantitative estimate of drug-likeness (QED) is 0.207. The average Bonchev–Trinajstić information content (AvgIpc) is 3.30. The summed E-state index contributed by atoms with van der Waals surface area (Å²) in [5.41, 5.74) is 3.97. The van der Waals surface area contributed by atoms with E-state index >= 15 is 0 Å². The minimum absolute atomic E-state index is 0.286. The second kappa shape index (κ2) is 11.2. The molecule has 9 heteroatoms. The van der Waals surface area contributed by atoms with E-state index in [2.05, 4.69) is 10.6 Å². The second-order valence-corrected chi connectivity index (χ2v) is 9.22. The molecule has 2 aromatic carbocycles. The molecule has 1 fully saturated rings. The maximum Gasteiger partial charge on any atom is 0.137 e. The maximum absolute atomic E-state index is 10.7. The maximum atomic E-state index is 10.7. The van der Waals surface area contributed by atoms with E-state index in [1.54, 1.807) is 25.3 Å². The molecule has 2 N–H and O–H groups in total. The van der Waals surface area contributed by atoms with Crippen LogP contribution in [0.15, 0.2) is 66.1 Å². The molecule has 0 radical (unpaired) electrons. The van der Waals surface area contributed by atoms with Crippen molar-refractivity contribution in [2.75, 3.05) is 17.6 Å². The first-order valence-electron chi connectivity index (χ1n) is 12.5. The Morgan fingerprint density at radius 1 is 1.14 bits per heavy atom. The molecule has 0 aliphatic heterocycles. The number of aromatic nitrogens is 3. The smallest absolute Gasteiger partial charge is 0.137 e. The number of methoxy groups -OCH3 is 1. The molecule has 1 saturated carbocycles. The first-order valence-corrected chi connectivity index (χ1v) is 12.5. The van der Waals surface area contributed by atoms with E-state index in [1.165, 1.54) is 19.3 Å². The van der Waals surface area contributed by atoms with Crippen molar-refractivity contribution < 1.29 is 9.94 Å². The van der Waals surface area contributed by atoms with Crippen molar-refractivity contribution in [1.29, 1.82) is 0 Å². The van der Waals surface area contributed by atoms with Gasteiger partial charge in [-0.2, -0.15) is 5.10 Å². The SMILES string of the molecule is COc1ccc(Cn2nc(/C=C/c3cccc(N(O)N=O)c3)c3c(NC4CCCCC4)nccc32)cc1. The number of hydrogen-bond acceptors (Lipinski definition) is 7.